The van der Waals surface area contributed by atoms with E-state index >= 15 is 0 Å². The van der Waals surface area contributed by atoms with Crippen LogP contribution in [0.2, 0.25) is 5.02 Å². The van der Waals surface area contributed by atoms with Crippen LogP contribution in [-0.2, 0) is 0 Å². The maximum atomic E-state index is 12.3. The van der Waals surface area contributed by atoms with E-state index in [-0.39, 0.29) is 16.8 Å². The second kappa shape index (κ2) is 10.8. The molecule has 5 nitrogen and oxygen atoms in total. The monoisotopic (exact) mass is 488 g/mol. The van der Waals surface area contributed by atoms with Gasteiger partial charge in [-0.2, -0.15) is 10.4 Å². The number of nitrogens with one attached hydrogen (secondary N) is 2. The average molecular weight is 489 g/mol. The molecule has 33 heavy (non-hydrogen) atoms. The number of thiocarbonyl (C=S) groups is 1. The summed E-state index contributed by atoms with van der Waals surface area (Å²) in [7, 11) is 0. The summed E-state index contributed by atoms with van der Waals surface area (Å²) in [6.45, 7) is 0. The molecule has 0 amide bonds. The Hall–Kier alpha value is -3.61. The van der Waals surface area contributed by atoms with E-state index in [9.17, 15) is 13.2 Å². The fourth-order valence-corrected chi connectivity index (χ4v) is 3.17. The molecule has 0 aliphatic rings. The third-order valence-corrected chi connectivity index (χ3v) is 4.81. The number of nitrogens with zero attached hydrogens (tertiary/aromatic N) is 2. The van der Waals surface area contributed by atoms with Crippen LogP contribution in [0, 0.1) is 11.3 Å². The van der Waals surface area contributed by atoms with Crippen LogP contribution >= 0.6 is 23.8 Å². The maximum absolute atomic E-state index is 12.3. The summed E-state index contributed by atoms with van der Waals surface area (Å²) < 4.78 is 40.6. The molecular formula is C23H16ClF3N4OS. The first-order valence-electron chi connectivity index (χ1n) is 9.45. The number of rotatable bonds is 6. The lowest BCUT2D eigenvalue weighted by atomic mass is 9.92. The predicted molar refractivity (Wildman–Crippen MR) is 125 cm³/mol. The Morgan fingerprint density at radius 2 is 1.58 bits per heavy atom. The summed E-state index contributed by atoms with van der Waals surface area (Å²) in [5, 5.41) is 16.8. The topological polar surface area (TPSA) is 69.4 Å². The predicted octanol–water partition coefficient (Wildman–Crippen LogP) is 6.21. The number of nitriles is 1. The molecule has 0 radical (unpaired) electrons. The number of anilines is 1. The lowest BCUT2D eigenvalue weighted by Crippen LogP contribution is -2.24. The molecule has 1 unspecified atom stereocenters. The van der Waals surface area contributed by atoms with Gasteiger partial charge in [-0.25, -0.2) is 0 Å². The van der Waals surface area contributed by atoms with E-state index in [1.54, 1.807) is 30.5 Å². The number of hydrazone groups is 1. The molecule has 0 heterocycles. The van der Waals surface area contributed by atoms with Crippen molar-refractivity contribution in [3.63, 3.8) is 0 Å². The molecule has 2 N–H and O–H groups in total. The fourth-order valence-electron chi connectivity index (χ4n) is 2.87. The van der Waals surface area contributed by atoms with Gasteiger partial charge in [0.15, 0.2) is 5.11 Å². The second-order valence-corrected chi connectivity index (χ2v) is 7.52. The van der Waals surface area contributed by atoms with Crippen LogP contribution in [0.15, 0.2) is 77.9 Å². The quantitative estimate of drug-likeness (QED) is 0.245. The SMILES string of the molecule is N#Cc1ccc(C(C=NNC(=S)Nc2ccc(OC(F)(F)F)cc2)c2ccc(Cl)cc2)cc1. The van der Waals surface area contributed by atoms with Crippen LogP contribution in [0.5, 0.6) is 5.75 Å². The highest BCUT2D eigenvalue weighted by Gasteiger charge is 2.30. The minimum atomic E-state index is -4.75. The Kier molecular flexibility index (Phi) is 7.87. The van der Waals surface area contributed by atoms with Crippen LogP contribution in [0.3, 0.4) is 0 Å². The van der Waals surface area contributed by atoms with Gasteiger partial charge in [-0.3, -0.25) is 5.43 Å². The van der Waals surface area contributed by atoms with Crippen molar-refractivity contribution in [1.29, 1.82) is 5.26 Å². The molecule has 0 bridgehead atoms. The first-order chi connectivity index (χ1) is 15.7. The zero-order valence-electron chi connectivity index (χ0n) is 16.8. The molecule has 1 atom stereocenters. The van der Waals surface area contributed by atoms with Gasteiger partial charge in [0, 0.05) is 22.8 Å². The van der Waals surface area contributed by atoms with Crippen molar-refractivity contribution < 1.29 is 17.9 Å². The summed E-state index contributed by atoms with van der Waals surface area (Å²) in [5.74, 6) is -0.581. The van der Waals surface area contributed by atoms with Crippen molar-refractivity contribution >= 4 is 40.8 Å². The lowest BCUT2D eigenvalue weighted by Gasteiger charge is -2.14. The van der Waals surface area contributed by atoms with E-state index in [0.29, 0.717) is 16.3 Å². The lowest BCUT2D eigenvalue weighted by molar-refractivity contribution is -0.274. The zero-order chi connectivity index (χ0) is 23.8. The molecule has 0 fully saturated rings. The molecule has 168 valence electrons. The van der Waals surface area contributed by atoms with E-state index in [1.807, 2.05) is 24.3 Å². The van der Waals surface area contributed by atoms with Crippen molar-refractivity contribution in [2.24, 2.45) is 5.10 Å². The number of ether oxygens (including phenoxy) is 1. The van der Waals surface area contributed by atoms with Crippen molar-refractivity contribution in [2.75, 3.05) is 5.32 Å². The van der Waals surface area contributed by atoms with Crippen molar-refractivity contribution in [2.45, 2.75) is 12.3 Å². The number of alkyl halides is 3. The molecule has 0 saturated heterocycles. The first-order valence-corrected chi connectivity index (χ1v) is 10.2. The van der Waals surface area contributed by atoms with Crippen molar-refractivity contribution in [3.8, 4) is 11.8 Å². The first kappa shape index (κ1) is 24.0. The van der Waals surface area contributed by atoms with Gasteiger partial charge in [-0.05, 0) is 71.9 Å². The van der Waals surface area contributed by atoms with Gasteiger partial charge < -0.3 is 10.1 Å². The minimum Gasteiger partial charge on any atom is -0.406 e. The van der Waals surface area contributed by atoms with Crippen LogP contribution in [0.25, 0.3) is 0 Å². The Morgan fingerprint density at radius 3 is 2.12 bits per heavy atom. The zero-order valence-corrected chi connectivity index (χ0v) is 18.4. The van der Waals surface area contributed by atoms with Gasteiger partial charge in [0.1, 0.15) is 5.75 Å². The Labute approximate surface area is 198 Å². The average Bonchev–Trinajstić information content (AvgIpc) is 2.78. The van der Waals surface area contributed by atoms with Gasteiger partial charge in [-0.1, -0.05) is 35.9 Å². The molecule has 0 aliphatic carbocycles. The number of benzene rings is 3. The van der Waals surface area contributed by atoms with Gasteiger partial charge in [0.2, 0.25) is 0 Å². The number of halogens is 4. The standard InChI is InChI=1S/C23H16ClF3N4OS/c24-18-7-5-17(6-8-18)21(16-3-1-15(13-28)2-4-16)14-29-31-22(33)30-19-9-11-20(12-10-19)32-23(25,26)27/h1-12,14,21H,(H2,30,31,33). The van der Waals surface area contributed by atoms with Crippen molar-refractivity contribution in [3.05, 3.63) is 94.5 Å². The highest BCUT2D eigenvalue weighted by atomic mass is 35.5. The summed E-state index contributed by atoms with van der Waals surface area (Å²) >= 11 is 11.2. The van der Waals surface area contributed by atoms with E-state index in [2.05, 4.69) is 26.7 Å². The summed E-state index contributed by atoms with van der Waals surface area (Å²) in [6, 6.07) is 21.6. The fraction of sp³-hybridized carbons (Fsp3) is 0.0870. The minimum absolute atomic E-state index is 0.144. The molecule has 0 spiro atoms. The van der Waals surface area contributed by atoms with E-state index in [0.717, 1.165) is 11.1 Å². The maximum Gasteiger partial charge on any atom is 0.573 e. The van der Waals surface area contributed by atoms with Crippen LogP contribution in [-0.4, -0.2) is 17.7 Å². The molecule has 3 aromatic rings. The molecule has 10 heteroatoms. The van der Waals surface area contributed by atoms with E-state index in [1.165, 1.54) is 24.3 Å². The highest BCUT2D eigenvalue weighted by molar-refractivity contribution is 7.80. The molecule has 3 rings (SSSR count). The largest absolute Gasteiger partial charge is 0.573 e. The second-order valence-electron chi connectivity index (χ2n) is 6.68. The Balaban J connectivity index is 1.68. The summed E-state index contributed by atoms with van der Waals surface area (Å²) in [5.41, 5.74) is 5.52. The summed E-state index contributed by atoms with van der Waals surface area (Å²) in [6.07, 6.45) is -3.10. The van der Waals surface area contributed by atoms with Gasteiger partial charge in [-0.15, -0.1) is 13.2 Å². The number of hydrogen-bond donors (Lipinski definition) is 2. The molecule has 0 saturated carbocycles. The molecule has 3 aromatic carbocycles. The van der Waals surface area contributed by atoms with Crippen molar-refractivity contribution in [1.82, 2.24) is 5.43 Å². The third-order valence-electron chi connectivity index (χ3n) is 4.36. The van der Waals surface area contributed by atoms with E-state index in [4.69, 9.17) is 29.1 Å². The Morgan fingerprint density at radius 1 is 1.00 bits per heavy atom. The van der Waals surface area contributed by atoms with Crippen LogP contribution < -0.4 is 15.5 Å². The highest BCUT2D eigenvalue weighted by Crippen LogP contribution is 2.25. The Bertz CT molecular complexity index is 1160. The molecular weight excluding hydrogens is 473 g/mol. The molecule has 0 aliphatic heterocycles. The van der Waals surface area contributed by atoms with E-state index < -0.39 is 6.36 Å². The van der Waals surface area contributed by atoms with Crippen LogP contribution in [0.4, 0.5) is 18.9 Å². The van der Waals surface area contributed by atoms with Gasteiger partial charge >= 0.3 is 6.36 Å². The van der Waals surface area contributed by atoms with Gasteiger partial charge in [0.05, 0.1) is 11.6 Å². The molecule has 0 aromatic heterocycles. The summed E-state index contributed by atoms with van der Waals surface area (Å²) in [4.78, 5) is 0. The van der Waals surface area contributed by atoms with Crippen LogP contribution in [0.1, 0.15) is 22.6 Å². The van der Waals surface area contributed by atoms with Gasteiger partial charge in [0.25, 0.3) is 0 Å². The third kappa shape index (κ3) is 7.49. The number of hydrogen-bond acceptors (Lipinski definition) is 4. The smallest absolute Gasteiger partial charge is 0.406 e. The normalized spacial score (nSPS) is 12.1.